The maximum Gasteiger partial charge on any atom is 0.227 e. The molecule has 0 spiro atoms. The molecule has 0 bridgehead atoms. The highest BCUT2D eigenvalue weighted by atomic mass is 16.5. The molecule has 3 rings (SSSR count). The number of anilines is 3. The molecule has 1 N–H and O–H groups in total. The van der Waals surface area contributed by atoms with Crippen molar-refractivity contribution in [3.63, 3.8) is 0 Å². The fourth-order valence-corrected chi connectivity index (χ4v) is 3.06. The molecule has 6 heteroatoms. The number of rotatable bonds is 6. The van der Waals surface area contributed by atoms with Crippen molar-refractivity contribution in [2.45, 2.75) is 13.8 Å². The number of nitrogens with zero attached hydrogens (tertiary/aromatic N) is 4. The summed E-state index contributed by atoms with van der Waals surface area (Å²) in [6.07, 6.45) is 0. The van der Waals surface area contributed by atoms with Gasteiger partial charge in [0.05, 0.1) is 6.61 Å². The Labute approximate surface area is 149 Å². The van der Waals surface area contributed by atoms with Gasteiger partial charge in [-0.1, -0.05) is 12.1 Å². The van der Waals surface area contributed by atoms with E-state index in [9.17, 15) is 0 Å². The molecule has 0 saturated carbocycles. The molecule has 1 aromatic carbocycles. The number of ether oxygens (including phenoxy) is 1. The van der Waals surface area contributed by atoms with Crippen LogP contribution in [0.3, 0.4) is 0 Å². The number of benzene rings is 1. The first-order valence-electron chi connectivity index (χ1n) is 8.81. The minimum Gasteiger partial charge on any atom is -0.383 e. The molecule has 1 fully saturated rings. The Hall–Kier alpha value is -2.34. The summed E-state index contributed by atoms with van der Waals surface area (Å²) in [6.45, 7) is 9.36. The van der Waals surface area contributed by atoms with Crippen molar-refractivity contribution >= 4 is 17.5 Å². The van der Waals surface area contributed by atoms with E-state index in [1.165, 1.54) is 11.3 Å². The Kier molecular flexibility index (Phi) is 5.71. The lowest BCUT2D eigenvalue weighted by molar-refractivity contribution is 0.210. The summed E-state index contributed by atoms with van der Waals surface area (Å²) in [5, 5.41) is 3.29. The van der Waals surface area contributed by atoms with E-state index in [1.54, 1.807) is 7.11 Å². The van der Waals surface area contributed by atoms with Gasteiger partial charge < -0.3 is 19.9 Å². The predicted octanol–water partition coefficient (Wildman–Crippen LogP) is 2.48. The average Bonchev–Trinajstić information content (AvgIpc) is 2.62. The Morgan fingerprint density at radius 3 is 2.52 bits per heavy atom. The van der Waals surface area contributed by atoms with Crippen molar-refractivity contribution in [3.05, 3.63) is 41.6 Å². The summed E-state index contributed by atoms with van der Waals surface area (Å²) >= 11 is 0. The van der Waals surface area contributed by atoms with Crippen LogP contribution in [0.25, 0.3) is 0 Å². The van der Waals surface area contributed by atoms with Gasteiger partial charge in [0.25, 0.3) is 0 Å². The van der Waals surface area contributed by atoms with Gasteiger partial charge in [0, 0.05) is 57.3 Å². The van der Waals surface area contributed by atoms with E-state index in [1.807, 2.05) is 13.0 Å². The van der Waals surface area contributed by atoms with Crippen LogP contribution in [0.1, 0.15) is 11.3 Å². The summed E-state index contributed by atoms with van der Waals surface area (Å²) in [5.41, 5.74) is 3.58. The molecule has 25 heavy (non-hydrogen) atoms. The van der Waals surface area contributed by atoms with Crippen LogP contribution in [0.2, 0.25) is 0 Å². The summed E-state index contributed by atoms with van der Waals surface area (Å²) < 4.78 is 5.08. The van der Waals surface area contributed by atoms with Gasteiger partial charge in [-0.15, -0.1) is 0 Å². The first-order chi connectivity index (χ1) is 12.2. The normalized spacial score (nSPS) is 14.7. The van der Waals surface area contributed by atoms with Crippen LogP contribution in [-0.4, -0.2) is 56.4 Å². The van der Waals surface area contributed by atoms with Gasteiger partial charge in [-0.05, 0) is 31.5 Å². The monoisotopic (exact) mass is 341 g/mol. The number of nitrogens with one attached hydrogen (secondary N) is 1. The standard InChI is InChI=1S/C19H27N5O/c1-15-5-4-6-17(13-15)23-8-10-24(11-9-23)19-21-16(2)14-18(22-19)20-7-12-25-3/h4-6,13-14H,7-12H2,1-3H3,(H,20,21,22). The van der Waals surface area contributed by atoms with Crippen molar-refractivity contribution in [1.29, 1.82) is 0 Å². The van der Waals surface area contributed by atoms with E-state index >= 15 is 0 Å². The quantitative estimate of drug-likeness (QED) is 0.815. The van der Waals surface area contributed by atoms with E-state index in [-0.39, 0.29) is 0 Å². The minimum atomic E-state index is 0.660. The van der Waals surface area contributed by atoms with E-state index < -0.39 is 0 Å². The maximum absolute atomic E-state index is 5.08. The van der Waals surface area contributed by atoms with Crippen molar-refractivity contribution in [3.8, 4) is 0 Å². The lowest BCUT2D eigenvalue weighted by Crippen LogP contribution is -2.47. The molecule has 2 aromatic rings. The van der Waals surface area contributed by atoms with Gasteiger partial charge >= 0.3 is 0 Å². The van der Waals surface area contributed by atoms with Crippen LogP contribution in [0.15, 0.2) is 30.3 Å². The number of aromatic nitrogens is 2. The smallest absolute Gasteiger partial charge is 0.227 e. The Morgan fingerprint density at radius 1 is 1.04 bits per heavy atom. The van der Waals surface area contributed by atoms with Crippen molar-refractivity contribution in [2.75, 3.05) is 61.6 Å². The Bertz CT molecular complexity index is 698. The fraction of sp³-hybridized carbons (Fsp3) is 0.474. The summed E-state index contributed by atoms with van der Waals surface area (Å²) in [4.78, 5) is 14.0. The second-order valence-electron chi connectivity index (χ2n) is 6.43. The van der Waals surface area contributed by atoms with Crippen molar-refractivity contribution in [1.82, 2.24) is 9.97 Å². The zero-order valence-electron chi connectivity index (χ0n) is 15.3. The van der Waals surface area contributed by atoms with Crippen LogP contribution >= 0.6 is 0 Å². The second-order valence-corrected chi connectivity index (χ2v) is 6.43. The fourth-order valence-electron chi connectivity index (χ4n) is 3.06. The average molecular weight is 341 g/mol. The summed E-state index contributed by atoms with van der Waals surface area (Å²) in [7, 11) is 1.70. The van der Waals surface area contributed by atoms with Crippen LogP contribution < -0.4 is 15.1 Å². The second kappa shape index (κ2) is 8.16. The van der Waals surface area contributed by atoms with Crippen molar-refractivity contribution in [2.24, 2.45) is 0 Å². The third-order valence-corrected chi connectivity index (χ3v) is 4.38. The predicted molar refractivity (Wildman–Crippen MR) is 103 cm³/mol. The molecule has 0 unspecified atom stereocenters. The topological polar surface area (TPSA) is 53.5 Å². The minimum absolute atomic E-state index is 0.660. The summed E-state index contributed by atoms with van der Waals surface area (Å²) in [5.74, 6) is 1.67. The molecule has 1 aromatic heterocycles. The molecule has 134 valence electrons. The molecular weight excluding hydrogens is 314 g/mol. The molecule has 6 nitrogen and oxygen atoms in total. The van der Waals surface area contributed by atoms with E-state index in [2.05, 4.69) is 56.3 Å². The Morgan fingerprint density at radius 2 is 1.80 bits per heavy atom. The molecule has 0 amide bonds. The first-order valence-corrected chi connectivity index (χ1v) is 8.81. The lowest BCUT2D eigenvalue weighted by atomic mass is 10.2. The molecule has 0 aliphatic carbocycles. The highest BCUT2D eigenvalue weighted by molar-refractivity contribution is 5.51. The zero-order valence-corrected chi connectivity index (χ0v) is 15.3. The Balaban J connectivity index is 1.64. The van der Waals surface area contributed by atoms with Gasteiger partial charge in [-0.3, -0.25) is 0 Å². The molecule has 1 aliphatic rings. The SMILES string of the molecule is COCCNc1cc(C)nc(N2CCN(c3cccc(C)c3)CC2)n1. The van der Waals surface area contributed by atoms with Crippen LogP contribution in [0.5, 0.6) is 0 Å². The largest absolute Gasteiger partial charge is 0.383 e. The van der Waals surface area contributed by atoms with Crippen LogP contribution in [0, 0.1) is 13.8 Å². The zero-order chi connectivity index (χ0) is 17.6. The molecular formula is C19H27N5O. The van der Waals surface area contributed by atoms with Crippen LogP contribution in [0.4, 0.5) is 17.5 Å². The lowest BCUT2D eigenvalue weighted by Gasteiger charge is -2.36. The van der Waals surface area contributed by atoms with Crippen molar-refractivity contribution < 1.29 is 4.74 Å². The number of hydrogen-bond acceptors (Lipinski definition) is 6. The van der Waals surface area contributed by atoms with E-state index in [4.69, 9.17) is 4.74 Å². The van der Waals surface area contributed by atoms with Gasteiger partial charge in [-0.2, -0.15) is 4.98 Å². The van der Waals surface area contributed by atoms with Gasteiger partial charge in [0.15, 0.2) is 0 Å². The molecule has 1 aliphatic heterocycles. The van der Waals surface area contributed by atoms with E-state index in [0.29, 0.717) is 6.61 Å². The van der Waals surface area contributed by atoms with Gasteiger partial charge in [-0.25, -0.2) is 4.98 Å². The molecule has 2 heterocycles. The third kappa shape index (κ3) is 4.60. The van der Waals surface area contributed by atoms with Gasteiger partial charge in [0.2, 0.25) is 5.95 Å². The molecule has 0 atom stereocenters. The molecule has 0 radical (unpaired) electrons. The number of piperazine rings is 1. The highest BCUT2D eigenvalue weighted by Crippen LogP contribution is 2.20. The van der Waals surface area contributed by atoms with Crippen LogP contribution in [-0.2, 0) is 4.74 Å². The molecule has 1 saturated heterocycles. The number of methoxy groups -OCH3 is 1. The van der Waals surface area contributed by atoms with E-state index in [0.717, 1.165) is 50.2 Å². The third-order valence-electron chi connectivity index (χ3n) is 4.38. The van der Waals surface area contributed by atoms with Gasteiger partial charge in [0.1, 0.15) is 5.82 Å². The number of aryl methyl sites for hydroxylation is 2. The highest BCUT2D eigenvalue weighted by Gasteiger charge is 2.20. The number of hydrogen-bond donors (Lipinski definition) is 1. The summed E-state index contributed by atoms with van der Waals surface area (Å²) in [6, 6.07) is 10.7. The first kappa shape index (κ1) is 17.5. The maximum atomic E-state index is 5.08.